The van der Waals surface area contributed by atoms with Gasteiger partial charge in [0.05, 0.1) is 0 Å². The Morgan fingerprint density at radius 3 is 2.47 bits per heavy atom. The third-order valence-corrected chi connectivity index (χ3v) is 4.65. The Bertz CT molecular complexity index is 381. The molecule has 94 valence electrons. The van der Waals surface area contributed by atoms with Crippen molar-refractivity contribution in [1.29, 1.82) is 0 Å². The van der Waals surface area contributed by atoms with Crippen molar-refractivity contribution in [3.63, 3.8) is 0 Å². The average molecular weight is 296 g/mol. The monoisotopic (exact) mass is 295 g/mol. The van der Waals surface area contributed by atoms with Crippen molar-refractivity contribution >= 4 is 15.9 Å². The fraction of sp³-hybridized carbons (Fsp3) is 0.600. The molecule has 2 rings (SSSR count). The zero-order chi connectivity index (χ0) is 12.4. The first-order valence-corrected chi connectivity index (χ1v) is 7.39. The second kappa shape index (κ2) is 5.53. The second-order valence-electron chi connectivity index (χ2n) is 5.55. The van der Waals surface area contributed by atoms with Crippen LogP contribution in [0, 0.1) is 18.8 Å². The van der Waals surface area contributed by atoms with Crippen LogP contribution >= 0.6 is 15.9 Å². The van der Waals surface area contributed by atoms with Gasteiger partial charge in [0, 0.05) is 10.5 Å². The van der Waals surface area contributed by atoms with Gasteiger partial charge < -0.3 is 5.73 Å². The smallest absolute Gasteiger partial charge is 0.0326 e. The van der Waals surface area contributed by atoms with Crippen molar-refractivity contribution in [3.8, 4) is 0 Å². The largest absolute Gasteiger partial charge is 0.324 e. The lowest BCUT2D eigenvalue weighted by Gasteiger charge is -2.31. The highest BCUT2D eigenvalue weighted by Crippen LogP contribution is 2.36. The Morgan fingerprint density at radius 2 is 1.88 bits per heavy atom. The van der Waals surface area contributed by atoms with Crippen LogP contribution in [-0.4, -0.2) is 0 Å². The van der Waals surface area contributed by atoms with Crippen molar-refractivity contribution in [2.24, 2.45) is 17.6 Å². The van der Waals surface area contributed by atoms with Gasteiger partial charge in [-0.05, 0) is 54.9 Å². The van der Waals surface area contributed by atoms with Crippen LogP contribution in [0.5, 0.6) is 0 Å². The molecule has 2 N–H and O–H groups in total. The average Bonchev–Trinajstić information content (AvgIpc) is 2.29. The summed E-state index contributed by atoms with van der Waals surface area (Å²) in [7, 11) is 0. The standard InChI is InChI=1S/C15H22BrN/c1-10-3-5-12(6-4-10)15(17)14-8-7-13(16)9-11(14)2/h7-10,12,15H,3-6,17H2,1-2H3. The third-order valence-electron chi connectivity index (χ3n) is 4.16. The minimum absolute atomic E-state index is 0.218. The molecule has 0 bridgehead atoms. The molecule has 0 aliphatic heterocycles. The van der Waals surface area contributed by atoms with E-state index in [4.69, 9.17) is 5.73 Å². The summed E-state index contributed by atoms with van der Waals surface area (Å²) >= 11 is 3.51. The van der Waals surface area contributed by atoms with Gasteiger partial charge in [0.2, 0.25) is 0 Å². The molecule has 0 radical (unpaired) electrons. The predicted molar refractivity (Wildman–Crippen MR) is 76.9 cm³/mol. The molecular weight excluding hydrogens is 274 g/mol. The van der Waals surface area contributed by atoms with Crippen LogP contribution in [0.3, 0.4) is 0 Å². The molecule has 1 unspecified atom stereocenters. The van der Waals surface area contributed by atoms with Crippen molar-refractivity contribution in [2.45, 2.75) is 45.6 Å². The van der Waals surface area contributed by atoms with Crippen LogP contribution in [-0.2, 0) is 0 Å². The Balaban J connectivity index is 2.11. The van der Waals surface area contributed by atoms with E-state index in [2.05, 4.69) is 48.0 Å². The minimum atomic E-state index is 0.218. The topological polar surface area (TPSA) is 26.0 Å². The molecule has 1 aliphatic rings. The van der Waals surface area contributed by atoms with E-state index in [1.165, 1.54) is 36.8 Å². The molecule has 1 saturated carbocycles. The summed E-state index contributed by atoms with van der Waals surface area (Å²) < 4.78 is 1.14. The summed E-state index contributed by atoms with van der Waals surface area (Å²) in [5.74, 6) is 1.57. The molecular formula is C15H22BrN. The molecule has 17 heavy (non-hydrogen) atoms. The Kier molecular flexibility index (Phi) is 4.26. The molecule has 0 spiro atoms. The zero-order valence-electron chi connectivity index (χ0n) is 10.7. The summed E-state index contributed by atoms with van der Waals surface area (Å²) in [6.07, 6.45) is 5.26. The molecule has 2 heteroatoms. The first-order valence-electron chi connectivity index (χ1n) is 6.59. The third kappa shape index (κ3) is 3.11. The Hall–Kier alpha value is -0.340. The number of aryl methyl sites for hydroxylation is 1. The molecule has 0 amide bonds. The van der Waals surface area contributed by atoms with Crippen LogP contribution in [0.2, 0.25) is 0 Å². The van der Waals surface area contributed by atoms with Gasteiger partial charge in [-0.25, -0.2) is 0 Å². The molecule has 1 aromatic carbocycles. The van der Waals surface area contributed by atoms with Gasteiger partial charge in [-0.2, -0.15) is 0 Å². The number of nitrogens with two attached hydrogens (primary N) is 1. The number of hydrogen-bond acceptors (Lipinski definition) is 1. The highest BCUT2D eigenvalue weighted by molar-refractivity contribution is 9.10. The number of hydrogen-bond donors (Lipinski definition) is 1. The maximum Gasteiger partial charge on any atom is 0.0326 e. The maximum absolute atomic E-state index is 6.45. The van der Waals surface area contributed by atoms with E-state index in [0.29, 0.717) is 5.92 Å². The Morgan fingerprint density at radius 1 is 1.24 bits per heavy atom. The van der Waals surface area contributed by atoms with Gasteiger partial charge in [0.1, 0.15) is 0 Å². The molecule has 0 heterocycles. The molecule has 0 aromatic heterocycles. The molecule has 1 aliphatic carbocycles. The zero-order valence-corrected chi connectivity index (χ0v) is 12.3. The highest BCUT2D eigenvalue weighted by Gasteiger charge is 2.25. The lowest BCUT2D eigenvalue weighted by molar-refractivity contribution is 0.256. The molecule has 1 aromatic rings. The van der Waals surface area contributed by atoms with E-state index in [1.807, 2.05) is 0 Å². The van der Waals surface area contributed by atoms with Crippen LogP contribution in [0.25, 0.3) is 0 Å². The fourth-order valence-corrected chi connectivity index (χ4v) is 3.39. The summed E-state index contributed by atoms with van der Waals surface area (Å²) in [5.41, 5.74) is 9.09. The van der Waals surface area contributed by atoms with E-state index in [0.717, 1.165) is 10.4 Å². The van der Waals surface area contributed by atoms with Gasteiger partial charge in [0.15, 0.2) is 0 Å². The summed E-state index contributed by atoms with van der Waals surface area (Å²) in [6, 6.07) is 6.67. The van der Waals surface area contributed by atoms with Gasteiger partial charge in [-0.1, -0.05) is 41.8 Å². The van der Waals surface area contributed by atoms with E-state index in [-0.39, 0.29) is 6.04 Å². The molecule has 1 atom stereocenters. The first-order chi connectivity index (χ1) is 8.08. The van der Waals surface area contributed by atoms with Crippen molar-refractivity contribution < 1.29 is 0 Å². The number of rotatable bonds is 2. The van der Waals surface area contributed by atoms with Crippen LogP contribution in [0.15, 0.2) is 22.7 Å². The van der Waals surface area contributed by atoms with E-state index >= 15 is 0 Å². The fourth-order valence-electron chi connectivity index (χ4n) is 2.91. The lowest BCUT2D eigenvalue weighted by Crippen LogP contribution is -2.26. The van der Waals surface area contributed by atoms with E-state index in [9.17, 15) is 0 Å². The van der Waals surface area contributed by atoms with E-state index in [1.54, 1.807) is 0 Å². The summed E-state index contributed by atoms with van der Waals surface area (Å²) in [5, 5.41) is 0. The molecule has 1 fully saturated rings. The van der Waals surface area contributed by atoms with Crippen molar-refractivity contribution in [1.82, 2.24) is 0 Å². The van der Waals surface area contributed by atoms with Gasteiger partial charge in [-0.15, -0.1) is 0 Å². The predicted octanol–water partition coefficient (Wildman–Crippen LogP) is 4.58. The molecule has 0 saturated heterocycles. The van der Waals surface area contributed by atoms with Gasteiger partial charge in [-0.3, -0.25) is 0 Å². The van der Waals surface area contributed by atoms with E-state index < -0.39 is 0 Å². The maximum atomic E-state index is 6.45. The first kappa shape index (κ1) is 13.1. The van der Waals surface area contributed by atoms with Crippen LogP contribution < -0.4 is 5.73 Å². The Labute approximate surface area is 113 Å². The molecule has 1 nitrogen and oxygen atoms in total. The highest BCUT2D eigenvalue weighted by atomic mass is 79.9. The summed E-state index contributed by atoms with van der Waals surface area (Å²) in [4.78, 5) is 0. The van der Waals surface area contributed by atoms with Crippen molar-refractivity contribution in [2.75, 3.05) is 0 Å². The van der Waals surface area contributed by atoms with Crippen molar-refractivity contribution in [3.05, 3.63) is 33.8 Å². The van der Waals surface area contributed by atoms with Crippen LogP contribution in [0.1, 0.15) is 49.8 Å². The van der Waals surface area contributed by atoms with Gasteiger partial charge in [0.25, 0.3) is 0 Å². The van der Waals surface area contributed by atoms with Gasteiger partial charge >= 0.3 is 0 Å². The second-order valence-corrected chi connectivity index (χ2v) is 6.46. The number of halogens is 1. The summed E-state index contributed by atoms with van der Waals surface area (Å²) in [6.45, 7) is 4.51. The SMILES string of the molecule is Cc1cc(Br)ccc1C(N)C1CCC(C)CC1. The quantitative estimate of drug-likeness (QED) is 0.849. The lowest BCUT2D eigenvalue weighted by atomic mass is 9.77. The number of benzene rings is 1. The van der Waals surface area contributed by atoms with Crippen LogP contribution in [0.4, 0.5) is 0 Å². The minimum Gasteiger partial charge on any atom is -0.324 e. The normalized spacial score (nSPS) is 26.8.